The molecule has 1 aliphatic rings. The van der Waals surface area contributed by atoms with Gasteiger partial charge in [0, 0.05) is 7.05 Å². The molecular weight excluding hydrogens is 156 g/mol. The van der Waals surface area contributed by atoms with Crippen LogP contribution in [-0.4, -0.2) is 35.7 Å². The van der Waals surface area contributed by atoms with Crippen LogP contribution in [0.4, 0.5) is 0 Å². The number of β-amino-alcohol motifs (C(OH)–C–C–N with tert-alkyl or cyclic N) is 1. The summed E-state index contributed by atoms with van der Waals surface area (Å²) in [7, 11) is 1.87. The minimum atomic E-state index is -0.616. The van der Waals surface area contributed by atoms with E-state index in [1.54, 1.807) is 12.3 Å². The molecule has 4 nitrogen and oxygen atoms in total. The third-order valence-electron chi connectivity index (χ3n) is 1.81. The average molecular weight is 166 g/mol. The van der Waals surface area contributed by atoms with Crippen molar-refractivity contribution in [1.29, 1.82) is 0 Å². The fraction of sp³-hybridized carbons (Fsp3) is 0.375. The molecule has 0 aromatic carbocycles. The zero-order chi connectivity index (χ0) is 8.55. The van der Waals surface area contributed by atoms with E-state index in [4.69, 9.17) is 4.42 Å². The molecule has 0 fully saturated rings. The molecule has 0 amide bonds. The van der Waals surface area contributed by atoms with Gasteiger partial charge in [0.1, 0.15) is 0 Å². The molecule has 12 heavy (non-hydrogen) atoms. The van der Waals surface area contributed by atoms with Gasteiger partial charge in [-0.25, -0.2) is 4.99 Å². The van der Waals surface area contributed by atoms with Gasteiger partial charge in [0.25, 0.3) is 0 Å². The molecule has 0 bridgehead atoms. The molecule has 0 saturated heterocycles. The van der Waals surface area contributed by atoms with Crippen LogP contribution in [0.15, 0.2) is 27.8 Å². The minimum Gasteiger partial charge on any atom is -0.461 e. The number of aliphatic hydroxyl groups is 1. The first-order valence-electron chi connectivity index (χ1n) is 3.78. The van der Waals surface area contributed by atoms with E-state index in [1.165, 1.54) is 0 Å². The molecule has 0 radical (unpaired) electrons. The molecule has 64 valence electrons. The van der Waals surface area contributed by atoms with Gasteiger partial charge in [0.2, 0.25) is 0 Å². The number of aliphatic imine (C=N–C) groups is 1. The summed E-state index contributed by atoms with van der Waals surface area (Å²) >= 11 is 0. The zero-order valence-corrected chi connectivity index (χ0v) is 6.77. The van der Waals surface area contributed by atoms with E-state index in [0.29, 0.717) is 18.1 Å². The van der Waals surface area contributed by atoms with Crippen molar-refractivity contribution in [2.45, 2.75) is 6.23 Å². The topological polar surface area (TPSA) is 49.0 Å². The normalized spacial score (nSPS) is 23.0. The summed E-state index contributed by atoms with van der Waals surface area (Å²) in [5, 5.41) is 9.20. The van der Waals surface area contributed by atoms with Gasteiger partial charge in [-0.15, -0.1) is 0 Å². The molecule has 1 aromatic heterocycles. The Morgan fingerprint density at radius 1 is 1.75 bits per heavy atom. The second-order valence-corrected chi connectivity index (χ2v) is 2.79. The predicted octanol–water partition coefficient (Wildman–Crippen LogP) is 0.290. The first-order valence-corrected chi connectivity index (χ1v) is 3.78. The van der Waals surface area contributed by atoms with Gasteiger partial charge in [-0.3, -0.25) is 0 Å². The van der Waals surface area contributed by atoms with Gasteiger partial charge in [-0.1, -0.05) is 0 Å². The third kappa shape index (κ3) is 1.10. The number of rotatable bonds is 1. The van der Waals surface area contributed by atoms with Crippen LogP contribution < -0.4 is 0 Å². The van der Waals surface area contributed by atoms with Crippen LogP contribution in [0.25, 0.3) is 0 Å². The molecule has 0 saturated carbocycles. The summed E-state index contributed by atoms with van der Waals surface area (Å²) in [6, 6.07) is 3.63. The highest BCUT2D eigenvalue weighted by molar-refractivity contribution is 5.97. The van der Waals surface area contributed by atoms with Gasteiger partial charge in [0.15, 0.2) is 17.8 Å². The largest absolute Gasteiger partial charge is 0.461 e. The lowest BCUT2D eigenvalue weighted by molar-refractivity contribution is 0.178. The summed E-state index contributed by atoms with van der Waals surface area (Å²) in [5.74, 6) is 1.42. The number of furan rings is 1. The number of likely N-dealkylation sites (N-methyl/N-ethyl adjacent to an activating group) is 1. The highest BCUT2D eigenvalue weighted by Gasteiger charge is 2.22. The van der Waals surface area contributed by atoms with Crippen molar-refractivity contribution in [3.63, 3.8) is 0 Å². The van der Waals surface area contributed by atoms with E-state index in [0.717, 1.165) is 0 Å². The molecule has 1 aliphatic heterocycles. The Bertz CT molecular complexity index is 292. The maximum absolute atomic E-state index is 9.20. The van der Waals surface area contributed by atoms with Crippen molar-refractivity contribution in [3.05, 3.63) is 24.2 Å². The van der Waals surface area contributed by atoms with Gasteiger partial charge in [0.05, 0.1) is 12.8 Å². The van der Waals surface area contributed by atoms with E-state index >= 15 is 0 Å². The smallest absolute Gasteiger partial charge is 0.169 e. The Morgan fingerprint density at radius 2 is 2.58 bits per heavy atom. The summed E-state index contributed by atoms with van der Waals surface area (Å²) in [6.07, 6.45) is 0.978. The maximum atomic E-state index is 9.20. The van der Waals surface area contributed by atoms with Crippen molar-refractivity contribution in [2.24, 2.45) is 4.99 Å². The lowest BCUT2D eigenvalue weighted by Crippen LogP contribution is -2.24. The highest BCUT2D eigenvalue weighted by Crippen LogP contribution is 2.12. The molecule has 1 unspecified atom stereocenters. The Hall–Kier alpha value is -1.29. The first-order chi connectivity index (χ1) is 5.77. The zero-order valence-electron chi connectivity index (χ0n) is 6.77. The van der Waals surface area contributed by atoms with E-state index in [9.17, 15) is 5.11 Å². The van der Waals surface area contributed by atoms with Crippen LogP contribution in [-0.2, 0) is 0 Å². The number of nitrogens with zero attached hydrogens (tertiary/aromatic N) is 2. The van der Waals surface area contributed by atoms with Gasteiger partial charge in [-0.05, 0) is 12.1 Å². The van der Waals surface area contributed by atoms with E-state index in [2.05, 4.69) is 4.99 Å². The van der Waals surface area contributed by atoms with Crippen LogP contribution in [0.2, 0.25) is 0 Å². The Balaban J connectivity index is 2.30. The minimum absolute atomic E-state index is 0.538. The second kappa shape index (κ2) is 2.64. The summed E-state index contributed by atoms with van der Waals surface area (Å²) in [6.45, 7) is 0.538. The molecule has 0 aliphatic carbocycles. The lowest BCUT2D eigenvalue weighted by Gasteiger charge is -2.10. The van der Waals surface area contributed by atoms with E-state index in [1.807, 2.05) is 18.0 Å². The molecule has 0 spiro atoms. The van der Waals surface area contributed by atoms with Crippen molar-refractivity contribution in [2.75, 3.05) is 13.6 Å². The number of hydrogen-bond donors (Lipinski definition) is 1. The van der Waals surface area contributed by atoms with Gasteiger partial charge in [-0.2, -0.15) is 0 Å². The van der Waals surface area contributed by atoms with Crippen LogP contribution in [0.1, 0.15) is 5.76 Å². The van der Waals surface area contributed by atoms with Crippen molar-refractivity contribution >= 4 is 5.84 Å². The fourth-order valence-electron chi connectivity index (χ4n) is 1.27. The fourth-order valence-corrected chi connectivity index (χ4v) is 1.27. The Labute approximate surface area is 70.1 Å². The lowest BCUT2D eigenvalue weighted by atomic mass is 10.4. The summed E-state index contributed by atoms with van der Waals surface area (Å²) < 4.78 is 5.15. The van der Waals surface area contributed by atoms with E-state index in [-0.39, 0.29) is 0 Å². The second-order valence-electron chi connectivity index (χ2n) is 2.79. The number of aliphatic hydroxyl groups excluding tert-OH is 1. The monoisotopic (exact) mass is 166 g/mol. The number of amidine groups is 1. The molecule has 1 N–H and O–H groups in total. The van der Waals surface area contributed by atoms with Crippen molar-refractivity contribution in [1.82, 2.24) is 4.90 Å². The standard InChI is InChI=1S/C8H10N2O2/c1-10-5-7(11)9-8(10)6-3-2-4-12-6/h2-4,7,11H,5H2,1H3. The predicted molar refractivity (Wildman–Crippen MR) is 43.9 cm³/mol. The first kappa shape index (κ1) is 7.36. The summed E-state index contributed by atoms with van der Waals surface area (Å²) in [5.41, 5.74) is 0. The highest BCUT2D eigenvalue weighted by atomic mass is 16.3. The molecule has 2 heterocycles. The van der Waals surface area contributed by atoms with Gasteiger partial charge >= 0.3 is 0 Å². The molecule has 2 rings (SSSR count). The van der Waals surface area contributed by atoms with Crippen molar-refractivity contribution in [3.8, 4) is 0 Å². The molecule has 1 atom stereocenters. The Morgan fingerprint density at radius 3 is 3.08 bits per heavy atom. The quantitative estimate of drug-likeness (QED) is 0.652. The molecule has 1 aromatic rings. The molecular formula is C8H10N2O2. The van der Waals surface area contributed by atoms with Gasteiger partial charge < -0.3 is 14.4 Å². The number of hydrogen-bond acceptors (Lipinski definition) is 4. The van der Waals surface area contributed by atoms with E-state index < -0.39 is 6.23 Å². The van der Waals surface area contributed by atoms with Crippen LogP contribution in [0.5, 0.6) is 0 Å². The SMILES string of the molecule is CN1CC(O)N=C1c1ccco1. The maximum Gasteiger partial charge on any atom is 0.169 e. The average Bonchev–Trinajstić information content (AvgIpc) is 2.58. The Kier molecular flexibility index (Phi) is 1.62. The van der Waals surface area contributed by atoms with Crippen LogP contribution in [0, 0.1) is 0 Å². The van der Waals surface area contributed by atoms with Crippen molar-refractivity contribution < 1.29 is 9.52 Å². The third-order valence-corrected chi connectivity index (χ3v) is 1.81. The van der Waals surface area contributed by atoms with Crippen LogP contribution in [0.3, 0.4) is 0 Å². The summed E-state index contributed by atoms with van der Waals surface area (Å²) in [4.78, 5) is 5.88. The molecule has 4 heteroatoms. The van der Waals surface area contributed by atoms with Crippen LogP contribution >= 0.6 is 0 Å².